The van der Waals surface area contributed by atoms with Gasteiger partial charge in [0.05, 0.1) is 5.92 Å². The second kappa shape index (κ2) is 10.8. The highest BCUT2D eigenvalue weighted by molar-refractivity contribution is 6.03. The molecule has 29 heavy (non-hydrogen) atoms. The first-order valence-corrected chi connectivity index (χ1v) is 10.0. The molecule has 2 aromatic rings. The summed E-state index contributed by atoms with van der Waals surface area (Å²) in [7, 11) is 0. The number of carbonyl (C=O) groups is 1. The molecule has 0 radical (unpaired) electrons. The monoisotopic (exact) mass is 386 g/mol. The summed E-state index contributed by atoms with van der Waals surface area (Å²) in [6, 6.07) is 19.7. The van der Waals surface area contributed by atoms with E-state index in [4.69, 9.17) is 15.6 Å². The highest BCUT2D eigenvalue weighted by atomic mass is 16.4. The molecule has 1 aliphatic rings. The number of fused-ring (bicyclic) bond motifs is 3. The van der Waals surface area contributed by atoms with E-state index >= 15 is 0 Å². The Labute approximate surface area is 172 Å². The number of benzene rings is 2. The summed E-state index contributed by atoms with van der Waals surface area (Å²) in [5.41, 5.74) is 5.05. The Kier molecular flexibility index (Phi) is 8.19. The number of unbranched alkanes of at least 4 members (excludes halogenated alkanes) is 1. The van der Waals surface area contributed by atoms with Crippen LogP contribution in [0.5, 0.6) is 0 Å². The fourth-order valence-corrected chi connectivity index (χ4v) is 3.61. The zero-order chi connectivity index (χ0) is 21.2. The highest BCUT2D eigenvalue weighted by Gasteiger charge is 2.25. The maximum absolute atomic E-state index is 10.6. The summed E-state index contributed by atoms with van der Waals surface area (Å²) in [5, 5.41) is 26.9. The number of carboxylic acid groups (broad SMARTS) is 1. The van der Waals surface area contributed by atoms with Crippen molar-refractivity contribution < 1.29 is 9.90 Å². The molecule has 2 aromatic carbocycles. The summed E-state index contributed by atoms with van der Waals surface area (Å²) in [4.78, 5) is 10.6. The van der Waals surface area contributed by atoms with Crippen molar-refractivity contribution in [3.8, 4) is 23.3 Å². The van der Waals surface area contributed by atoms with Crippen LogP contribution < -0.4 is 0 Å². The first kappa shape index (κ1) is 21.9. The molecule has 4 nitrogen and oxygen atoms in total. The van der Waals surface area contributed by atoms with Crippen LogP contribution in [0.2, 0.25) is 0 Å². The fourth-order valence-electron chi connectivity index (χ4n) is 3.61. The minimum Gasteiger partial charge on any atom is -0.481 e. The molecule has 0 bridgehead atoms. The van der Waals surface area contributed by atoms with E-state index in [9.17, 15) is 4.79 Å². The lowest BCUT2D eigenvalue weighted by molar-refractivity contribution is -0.142. The zero-order valence-electron chi connectivity index (χ0n) is 17.0. The van der Waals surface area contributed by atoms with Gasteiger partial charge in [-0.1, -0.05) is 81.6 Å². The molecule has 0 spiro atoms. The van der Waals surface area contributed by atoms with Crippen molar-refractivity contribution >= 4 is 11.5 Å². The first-order chi connectivity index (χ1) is 14.1. The summed E-state index contributed by atoms with van der Waals surface area (Å²) in [6.45, 7) is 4.12. The van der Waals surface area contributed by atoms with Gasteiger partial charge in [0.1, 0.15) is 17.7 Å². The Balaban J connectivity index is 0.000000237. The van der Waals surface area contributed by atoms with E-state index in [1.807, 2.05) is 67.6 Å². The molecule has 1 N–H and O–H groups in total. The second-order valence-corrected chi connectivity index (χ2v) is 7.03. The average Bonchev–Trinajstić information content (AvgIpc) is 3.07. The Morgan fingerprint density at radius 1 is 0.862 bits per heavy atom. The van der Waals surface area contributed by atoms with Crippen molar-refractivity contribution in [1.29, 1.82) is 10.5 Å². The smallest absolute Gasteiger partial charge is 0.306 e. The summed E-state index contributed by atoms with van der Waals surface area (Å²) >= 11 is 0. The standard InChI is InChI=1S/C16H8N2.C9H18O2/c17-9-11(10-18)16-14-7-3-1-5-12(14)13-6-2-4-8-15(13)16;1-3-5-7-8(6-4-2)9(10)11/h1-8H;8H,3-7H2,1-2H3,(H,10,11). The van der Waals surface area contributed by atoms with Crippen molar-refractivity contribution in [2.24, 2.45) is 5.92 Å². The molecule has 0 fully saturated rings. The van der Waals surface area contributed by atoms with E-state index in [1.54, 1.807) is 0 Å². The van der Waals surface area contributed by atoms with Crippen molar-refractivity contribution in [3.05, 3.63) is 65.2 Å². The third kappa shape index (κ3) is 5.12. The van der Waals surface area contributed by atoms with E-state index in [2.05, 4.69) is 6.92 Å². The maximum Gasteiger partial charge on any atom is 0.306 e. The van der Waals surface area contributed by atoms with Crippen LogP contribution in [0.1, 0.15) is 57.1 Å². The lowest BCUT2D eigenvalue weighted by Crippen LogP contribution is -2.12. The SMILES string of the molecule is CCCCC(CCC)C(=O)O.N#CC(C#N)=C1c2ccccc2-c2ccccc21. The zero-order valence-corrected chi connectivity index (χ0v) is 17.0. The molecule has 4 heteroatoms. The molecule has 0 aliphatic heterocycles. The van der Waals surface area contributed by atoms with Gasteiger partial charge >= 0.3 is 5.97 Å². The number of hydrogen-bond acceptors (Lipinski definition) is 3. The molecule has 1 atom stereocenters. The van der Waals surface area contributed by atoms with Crippen LogP contribution in [0.4, 0.5) is 0 Å². The Morgan fingerprint density at radius 2 is 1.34 bits per heavy atom. The molecule has 3 rings (SSSR count). The quantitative estimate of drug-likeness (QED) is 0.512. The fraction of sp³-hybridized carbons (Fsp3) is 0.320. The van der Waals surface area contributed by atoms with E-state index in [0.29, 0.717) is 0 Å². The Bertz CT molecular complexity index is 913. The molecule has 0 aromatic heterocycles. The number of nitriles is 2. The Morgan fingerprint density at radius 3 is 1.72 bits per heavy atom. The van der Waals surface area contributed by atoms with Crippen LogP contribution in [-0.4, -0.2) is 11.1 Å². The van der Waals surface area contributed by atoms with Gasteiger partial charge in [0.2, 0.25) is 0 Å². The van der Waals surface area contributed by atoms with Gasteiger partial charge < -0.3 is 5.11 Å². The molecular weight excluding hydrogens is 360 g/mol. The number of aliphatic carboxylic acids is 1. The third-order valence-electron chi connectivity index (χ3n) is 5.05. The lowest BCUT2D eigenvalue weighted by Gasteiger charge is -2.08. The van der Waals surface area contributed by atoms with Gasteiger partial charge in [-0.2, -0.15) is 10.5 Å². The van der Waals surface area contributed by atoms with Gasteiger partial charge in [-0.05, 0) is 35.1 Å². The van der Waals surface area contributed by atoms with Crippen LogP contribution in [0.3, 0.4) is 0 Å². The predicted molar refractivity (Wildman–Crippen MR) is 115 cm³/mol. The first-order valence-electron chi connectivity index (χ1n) is 10.0. The molecule has 0 heterocycles. The van der Waals surface area contributed by atoms with Crippen LogP contribution >= 0.6 is 0 Å². The molecule has 1 unspecified atom stereocenters. The van der Waals surface area contributed by atoms with E-state index in [1.165, 1.54) is 0 Å². The number of rotatable bonds is 6. The summed E-state index contributed by atoms with van der Waals surface area (Å²) in [6.07, 6.45) is 4.78. The summed E-state index contributed by atoms with van der Waals surface area (Å²) < 4.78 is 0. The second-order valence-electron chi connectivity index (χ2n) is 7.03. The van der Waals surface area contributed by atoms with Crippen molar-refractivity contribution in [2.45, 2.75) is 46.0 Å². The molecule has 148 valence electrons. The maximum atomic E-state index is 10.6. The number of allylic oxidation sites excluding steroid dienone is 1. The van der Waals surface area contributed by atoms with Crippen LogP contribution in [0, 0.1) is 28.6 Å². The van der Waals surface area contributed by atoms with Crippen molar-refractivity contribution in [2.75, 3.05) is 0 Å². The van der Waals surface area contributed by atoms with Gasteiger partial charge in [-0.25, -0.2) is 0 Å². The minimum atomic E-state index is -0.625. The van der Waals surface area contributed by atoms with Crippen LogP contribution in [0.25, 0.3) is 16.7 Å². The molecule has 0 saturated carbocycles. The highest BCUT2D eigenvalue weighted by Crippen LogP contribution is 2.45. The van der Waals surface area contributed by atoms with E-state index < -0.39 is 5.97 Å². The third-order valence-corrected chi connectivity index (χ3v) is 5.05. The van der Waals surface area contributed by atoms with Gasteiger partial charge in [0, 0.05) is 5.57 Å². The van der Waals surface area contributed by atoms with Crippen molar-refractivity contribution in [3.63, 3.8) is 0 Å². The van der Waals surface area contributed by atoms with Crippen LogP contribution in [-0.2, 0) is 4.79 Å². The predicted octanol–water partition coefficient (Wildman–Crippen LogP) is 6.19. The van der Waals surface area contributed by atoms with E-state index in [0.717, 1.165) is 59.9 Å². The number of carboxylic acids is 1. The largest absolute Gasteiger partial charge is 0.481 e. The van der Waals surface area contributed by atoms with Gasteiger partial charge in [0.15, 0.2) is 0 Å². The Hall–Kier alpha value is -3.37. The van der Waals surface area contributed by atoms with E-state index in [-0.39, 0.29) is 11.5 Å². The van der Waals surface area contributed by atoms with Crippen molar-refractivity contribution in [1.82, 2.24) is 0 Å². The topological polar surface area (TPSA) is 84.9 Å². The molecule has 0 amide bonds. The average molecular weight is 386 g/mol. The van der Waals surface area contributed by atoms with Gasteiger partial charge in [0.25, 0.3) is 0 Å². The van der Waals surface area contributed by atoms with Gasteiger partial charge in [-0.15, -0.1) is 0 Å². The molecular formula is C25H26N2O2. The normalized spacial score (nSPS) is 11.8. The lowest BCUT2D eigenvalue weighted by atomic mass is 9.97. The van der Waals surface area contributed by atoms with Gasteiger partial charge in [-0.3, -0.25) is 4.79 Å². The molecule has 0 saturated heterocycles. The molecule has 1 aliphatic carbocycles. The van der Waals surface area contributed by atoms with Crippen LogP contribution in [0.15, 0.2) is 54.1 Å². The number of hydrogen-bond donors (Lipinski definition) is 1. The number of nitrogens with zero attached hydrogens (tertiary/aromatic N) is 2. The summed E-state index contributed by atoms with van der Waals surface area (Å²) in [5.74, 6) is -0.722. The minimum absolute atomic E-state index is 0.0973.